The fraction of sp³-hybridized carbons (Fsp3) is 0.300. The Hall–Kier alpha value is -2.80. The van der Waals surface area contributed by atoms with Crippen LogP contribution in [-0.4, -0.2) is 33.0 Å². The minimum atomic E-state index is -0.460. The molecule has 0 aliphatic carbocycles. The number of hydrogen-bond acceptors (Lipinski definition) is 6. The van der Waals surface area contributed by atoms with Crippen LogP contribution >= 0.6 is 11.6 Å². The number of hydrogen-bond donors (Lipinski definition) is 1. The first-order chi connectivity index (χ1) is 13.7. The van der Waals surface area contributed by atoms with Crippen LogP contribution in [-0.2, 0) is 0 Å². The summed E-state index contributed by atoms with van der Waals surface area (Å²) in [5.41, 5.74) is 2.40. The van der Waals surface area contributed by atoms with E-state index in [0.717, 1.165) is 42.9 Å². The highest BCUT2D eigenvalue weighted by Gasteiger charge is 2.18. The van der Waals surface area contributed by atoms with Crippen molar-refractivity contribution in [2.45, 2.75) is 25.7 Å². The monoisotopic (exact) mass is 398 g/mol. The molecule has 1 saturated heterocycles. The molecule has 1 aliphatic heterocycles. The van der Waals surface area contributed by atoms with Crippen molar-refractivity contribution in [1.82, 2.24) is 19.9 Å². The highest BCUT2D eigenvalue weighted by Crippen LogP contribution is 2.31. The number of nitrogens with zero attached hydrogens (tertiary/aromatic N) is 5. The standard InChI is InChI=1S/C20H20ClFN6/c21-17-9-15(5-6-18(17)22)26-20-25-12-16(14-10-23-13-24-11-14)19(27-20)28-7-3-1-2-4-8-28/h5-6,9-13H,1-4,7-8H2,(H,25,26,27). The van der Waals surface area contributed by atoms with E-state index >= 15 is 0 Å². The second-order valence-corrected chi connectivity index (χ2v) is 7.12. The molecule has 1 aliphatic rings. The lowest BCUT2D eigenvalue weighted by Gasteiger charge is -2.24. The van der Waals surface area contributed by atoms with Crippen molar-refractivity contribution in [2.24, 2.45) is 0 Å². The molecule has 1 N–H and O–H groups in total. The minimum Gasteiger partial charge on any atom is -0.356 e. The Morgan fingerprint density at radius 3 is 2.46 bits per heavy atom. The molecule has 0 saturated carbocycles. The molecule has 6 nitrogen and oxygen atoms in total. The van der Waals surface area contributed by atoms with E-state index in [9.17, 15) is 4.39 Å². The average Bonchev–Trinajstić information content (AvgIpc) is 3.01. The Morgan fingerprint density at radius 2 is 1.75 bits per heavy atom. The fourth-order valence-electron chi connectivity index (χ4n) is 3.30. The van der Waals surface area contributed by atoms with Gasteiger partial charge in [-0.1, -0.05) is 24.4 Å². The van der Waals surface area contributed by atoms with Crippen LogP contribution in [0.5, 0.6) is 0 Å². The van der Waals surface area contributed by atoms with Crippen LogP contribution in [0.2, 0.25) is 5.02 Å². The number of nitrogens with one attached hydrogen (secondary N) is 1. The molecule has 144 valence electrons. The maximum atomic E-state index is 13.4. The van der Waals surface area contributed by atoms with Gasteiger partial charge in [0.2, 0.25) is 5.95 Å². The molecular weight excluding hydrogens is 379 g/mol. The van der Waals surface area contributed by atoms with Crippen LogP contribution in [0.1, 0.15) is 25.7 Å². The van der Waals surface area contributed by atoms with Gasteiger partial charge in [-0.3, -0.25) is 0 Å². The first-order valence-corrected chi connectivity index (χ1v) is 9.68. The zero-order valence-electron chi connectivity index (χ0n) is 15.3. The Bertz CT molecular complexity index is 945. The van der Waals surface area contributed by atoms with E-state index in [-0.39, 0.29) is 5.02 Å². The maximum Gasteiger partial charge on any atom is 0.229 e. The van der Waals surface area contributed by atoms with Gasteiger partial charge in [0.1, 0.15) is 18.0 Å². The summed E-state index contributed by atoms with van der Waals surface area (Å²) in [6, 6.07) is 4.44. The van der Waals surface area contributed by atoms with Crippen molar-refractivity contribution < 1.29 is 4.39 Å². The van der Waals surface area contributed by atoms with Crippen molar-refractivity contribution in [3.05, 3.63) is 54.0 Å². The minimum absolute atomic E-state index is 0.0517. The van der Waals surface area contributed by atoms with Gasteiger partial charge in [0, 0.05) is 48.5 Å². The number of benzene rings is 1. The predicted octanol–water partition coefficient (Wildman–Crippen LogP) is 4.85. The summed E-state index contributed by atoms with van der Waals surface area (Å²) in [4.78, 5) is 19.8. The van der Waals surface area contributed by atoms with Crippen LogP contribution < -0.4 is 10.2 Å². The molecule has 3 heterocycles. The number of anilines is 3. The van der Waals surface area contributed by atoms with Gasteiger partial charge in [-0.05, 0) is 31.0 Å². The average molecular weight is 399 g/mol. The molecule has 8 heteroatoms. The van der Waals surface area contributed by atoms with E-state index in [0.29, 0.717) is 11.6 Å². The Labute approximate surface area is 167 Å². The Balaban J connectivity index is 1.70. The lowest BCUT2D eigenvalue weighted by Crippen LogP contribution is -2.26. The molecule has 1 fully saturated rings. The van der Waals surface area contributed by atoms with E-state index in [1.165, 1.54) is 31.3 Å². The number of aromatic nitrogens is 4. The van der Waals surface area contributed by atoms with Crippen molar-refractivity contribution in [2.75, 3.05) is 23.3 Å². The molecule has 0 radical (unpaired) electrons. The van der Waals surface area contributed by atoms with E-state index < -0.39 is 5.82 Å². The van der Waals surface area contributed by atoms with Gasteiger partial charge in [0.05, 0.1) is 5.02 Å². The molecule has 28 heavy (non-hydrogen) atoms. The second-order valence-electron chi connectivity index (χ2n) is 6.71. The molecular formula is C20H20ClFN6. The zero-order chi connectivity index (χ0) is 19.3. The van der Waals surface area contributed by atoms with Gasteiger partial charge in [0.25, 0.3) is 0 Å². The Morgan fingerprint density at radius 1 is 1.00 bits per heavy atom. The smallest absolute Gasteiger partial charge is 0.229 e. The van der Waals surface area contributed by atoms with E-state index in [1.807, 2.05) is 0 Å². The highest BCUT2D eigenvalue weighted by atomic mass is 35.5. The normalized spacial score (nSPS) is 14.6. The molecule has 0 unspecified atom stereocenters. The molecule has 2 aromatic heterocycles. The van der Waals surface area contributed by atoms with Crippen molar-refractivity contribution in [3.63, 3.8) is 0 Å². The van der Waals surface area contributed by atoms with Gasteiger partial charge in [0.15, 0.2) is 0 Å². The predicted molar refractivity (Wildman–Crippen MR) is 108 cm³/mol. The zero-order valence-corrected chi connectivity index (χ0v) is 16.0. The number of rotatable bonds is 4. The second kappa shape index (κ2) is 8.48. The molecule has 0 spiro atoms. The lowest BCUT2D eigenvalue weighted by atomic mass is 10.1. The molecule has 0 bridgehead atoms. The summed E-state index contributed by atoms with van der Waals surface area (Å²) in [6.07, 6.45) is 11.5. The summed E-state index contributed by atoms with van der Waals surface area (Å²) in [7, 11) is 0. The first-order valence-electron chi connectivity index (χ1n) is 9.30. The summed E-state index contributed by atoms with van der Waals surface area (Å²) in [6.45, 7) is 1.89. The van der Waals surface area contributed by atoms with Gasteiger partial charge in [-0.25, -0.2) is 19.3 Å². The van der Waals surface area contributed by atoms with Crippen molar-refractivity contribution in [1.29, 1.82) is 0 Å². The van der Waals surface area contributed by atoms with E-state index in [2.05, 4.69) is 25.2 Å². The van der Waals surface area contributed by atoms with Crippen LogP contribution in [0.25, 0.3) is 11.1 Å². The third-order valence-corrected chi connectivity index (χ3v) is 5.01. The summed E-state index contributed by atoms with van der Waals surface area (Å²) < 4.78 is 13.4. The first kappa shape index (κ1) is 18.6. The topological polar surface area (TPSA) is 66.8 Å². The molecule has 1 aromatic carbocycles. The van der Waals surface area contributed by atoms with Gasteiger partial charge < -0.3 is 10.2 Å². The Kier molecular flexibility index (Phi) is 5.62. The SMILES string of the molecule is Fc1ccc(Nc2ncc(-c3cncnc3)c(N3CCCCCC3)n2)cc1Cl. The molecule has 0 amide bonds. The van der Waals surface area contributed by atoms with Gasteiger partial charge in [-0.15, -0.1) is 0 Å². The highest BCUT2D eigenvalue weighted by molar-refractivity contribution is 6.31. The van der Waals surface area contributed by atoms with Crippen LogP contribution in [0, 0.1) is 5.82 Å². The molecule has 4 rings (SSSR count). The third-order valence-electron chi connectivity index (χ3n) is 4.72. The van der Waals surface area contributed by atoms with Gasteiger partial charge >= 0.3 is 0 Å². The lowest BCUT2D eigenvalue weighted by molar-refractivity contribution is 0.628. The van der Waals surface area contributed by atoms with E-state index in [4.69, 9.17) is 16.6 Å². The summed E-state index contributed by atoms with van der Waals surface area (Å²) in [5, 5.41) is 3.17. The summed E-state index contributed by atoms with van der Waals surface area (Å²) in [5.74, 6) is 0.822. The molecule has 0 atom stereocenters. The van der Waals surface area contributed by atoms with E-state index in [1.54, 1.807) is 24.7 Å². The maximum absolute atomic E-state index is 13.4. The van der Waals surface area contributed by atoms with Crippen LogP contribution in [0.15, 0.2) is 43.1 Å². The van der Waals surface area contributed by atoms with Crippen molar-refractivity contribution in [3.8, 4) is 11.1 Å². The van der Waals surface area contributed by atoms with Gasteiger partial charge in [-0.2, -0.15) is 4.98 Å². The van der Waals surface area contributed by atoms with Crippen molar-refractivity contribution >= 4 is 29.1 Å². The fourth-order valence-corrected chi connectivity index (χ4v) is 3.48. The van der Waals surface area contributed by atoms with Crippen LogP contribution in [0.4, 0.5) is 21.8 Å². The summed E-state index contributed by atoms with van der Waals surface area (Å²) >= 11 is 5.88. The van der Waals surface area contributed by atoms with Crippen LogP contribution in [0.3, 0.4) is 0 Å². The number of halogens is 2. The molecule has 3 aromatic rings. The largest absolute Gasteiger partial charge is 0.356 e. The quantitative estimate of drug-likeness (QED) is 0.677. The third kappa shape index (κ3) is 4.20.